The molecule has 88 valence electrons. The van der Waals surface area contributed by atoms with Crippen molar-refractivity contribution < 1.29 is 4.39 Å². The predicted molar refractivity (Wildman–Crippen MR) is 60.9 cm³/mol. The quantitative estimate of drug-likeness (QED) is 0.823. The lowest BCUT2D eigenvalue weighted by molar-refractivity contribution is 0.617. The fourth-order valence-corrected chi connectivity index (χ4v) is 1.21. The molecule has 0 bridgehead atoms. The number of aromatic nitrogens is 4. The third kappa shape index (κ3) is 2.83. The summed E-state index contributed by atoms with van der Waals surface area (Å²) in [5.74, 6) is -0.0176. The largest absolute Gasteiger partial charge is 0.362 e. The number of anilines is 2. The Labute approximate surface area is 97.3 Å². The van der Waals surface area contributed by atoms with Crippen LogP contribution in [0, 0.1) is 5.82 Å². The van der Waals surface area contributed by atoms with Gasteiger partial charge in [-0.05, 0) is 12.1 Å². The molecule has 7 heteroatoms. The minimum Gasteiger partial charge on any atom is -0.362 e. The second-order valence-electron chi connectivity index (χ2n) is 3.21. The maximum atomic E-state index is 13.4. The Morgan fingerprint density at radius 2 is 2.29 bits per heavy atom. The molecule has 0 aliphatic heterocycles. The molecule has 0 unspecified atom stereocenters. The van der Waals surface area contributed by atoms with Gasteiger partial charge in [-0.1, -0.05) is 0 Å². The molecule has 2 aromatic rings. The highest BCUT2D eigenvalue weighted by Crippen LogP contribution is 2.12. The van der Waals surface area contributed by atoms with Crippen LogP contribution < -0.4 is 10.6 Å². The first-order chi connectivity index (χ1) is 8.29. The van der Waals surface area contributed by atoms with E-state index in [1.807, 2.05) is 0 Å². The number of nitrogens with one attached hydrogen (secondary N) is 2. The van der Waals surface area contributed by atoms with E-state index < -0.39 is 5.82 Å². The molecule has 0 saturated carbocycles. The normalized spacial score (nSPS) is 10.0. The molecule has 0 fully saturated rings. The van der Waals surface area contributed by atoms with E-state index in [4.69, 9.17) is 0 Å². The molecule has 17 heavy (non-hydrogen) atoms. The van der Waals surface area contributed by atoms with Crippen LogP contribution in [0.3, 0.4) is 0 Å². The van der Waals surface area contributed by atoms with Crippen molar-refractivity contribution in [1.82, 2.24) is 20.2 Å². The summed E-state index contributed by atoms with van der Waals surface area (Å²) < 4.78 is 13.4. The first kappa shape index (κ1) is 11.2. The summed E-state index contributed by atoms with van der Waals surface area (Å²) in [5, 5.41) is 13.2. The van der Waals surface area contributed by atoms with Gasteiger partial charge in [0.1, 0.15) is 0 Å². The third-order valence-corrected chi connectivity index (χ3v) is 2.03. The van der Waals surface area contributed by atoms with E-state index in [1.54, 1.807) is 25.4 Å². The zero-order chi connectivity index (χ0) is 12.1. The Morgan fingerprint density at radius 1 is 1.41 bits per heavy atom. The Hall–Kier alpha value is -2.31. The fraction of sp³-hybridized carbons (Fsp3) is 0.200. The second-order valence-corrected chi connectivity index (χ2v) is 3.21. The molecule has 6 nitrogen and oxygen atoms in total. The van der Waals surface area contributed by atoms with Gasteiger partial charge < -0.3 is 10.6 Å². The Balaban J connectivity index is 2.08. The number of halogens is 1. The Bertz CT molecular complexity index is 489. The van der Waals surface area contributed by atoms with E-state index in [1.165, 1.54) is 0 Å². The lowest BCUT2D eigenvalue weighted by Gasteiger charge is -2.06. The molecular weight excluding hydrogens is 223 g/mol. The van der Waals surface area contributed by atoms with Gasteiger partial charge in [-0.3, -0.25) is 0 Å². The zero-order valence-electron chi connectivity index (χ0n) is 9.18. The molecular formula is C10H11FN6. The van der Waals surface area contributed by atoms with E-state index in [0.29, 0.717) is 18.2 Å². The molecule has 0 radical (unpaired) electrons. The van der Waals surface area contributed by atoms with Crippen LogP contribution in [0.25, 0.3) is 0 Å². The van der Waals surface area contributed by atoms with Crippen LogP contribution in [0.2, 0.25) is 0 Å². The average molecular weight is 234 g/mol. The van der Waals surface area contributed by atoms with Crippen LogP contribution in [0.15, 0.2) is 24.5 Å². The van der Waals surface area contributed by atoms with Crippen LogP contribution in [-0.2, 0) is 6.54 Å². The van der Waals surface area contributed by atoms with E-state index in [-0.39, 0.29) is 5.82 Å². The summed E-state index contributed by atoms with van der Waals surface area (Å²) >= 11 is 0. The SMILES string of the molecule is CNc1ncc(F)c(NCc2cccnn2)n1. The number of nitrogens with zero attached hydrogens (tertiary/aromatic N) is 4. The molecule has 0 amide bonds. The molecule has 0 aromatic carbocycles. The maximum absolute atomic E-state index is 13.4. The van der Waals surface area contributed by atoms with Crippen molar-refractivity contribution in [3.8, 4) is 0 Å². The van der Waals surface area contributed by atoms with Gasteiger partial charge in [0.25, 0.3) is 0 Å². The number of hydrogen-bond donors (Lipinski definition) is 2. The summed E-state index contributed by atoms with van der Waals surface area (Å²) in [6.45, 7) is 0.352. The number of rotatable bonds is 4. The molecule has 0 spiro atoms. The highest BCUT2D eigenvalue weighted by molar-refractivity contribution is 5.40. The van der Waals surface area contributed by atoms with E-state index >= 15 is 0 Å². The van der Waals surface area contributed by atoms with Gasteiger partial charge in [-0.15, -0.1) is 0 Å². The standard InChI is InChI=1S/C10H11FN6/c1-12-10-14-6-8(11)9(16-10)13-5-7-3-2-4-15-17-7/h2-4,6H,5H2,1H3,(H2,12,13,14,16). The zero-order valence-corrected chi connectivity index (χ0v) is 9.18. The Kier molecular flexibility index (Phi) is 3.39. The topological polar surface area (TPSA) is 75.6 Å². The monoisotopic (exact) mass is 234 g/mol. The van der Waals surface area contributed by atoms with Gasteiger partial charge in [-0.2, -0.15) is 15.2 Å². The van der Waals surface area contributed by atoms with E-state index in [0.717, 1.165) is 6.20 Å². The highest BCUT2D eigenvalue weighted by atomic mass is 19.1. The highest BCUT2D eigenvalue weighted by Gasteiger charge is 2.05. The first-order valence-electron chi connectivity index (χ1n) is 5.00. The maximum Gasteiger partial charge on any atom is 0.224 e. The van der Waals surface area contributed by atoms with Crippen LogP contribution in [0.1, 0.15) is 5.69 Å². The van der Waals surface area contributed by atoms with Gasteiger partial charge in [0.15, 0.2) is 11.6 Å². The van der Waals surface area contributed by atoms with Gasteiger partial charge in [0, 0.05) is 13.2 Å². The summed E-state index contributed by atoms with van der Waals surface area (Å²) in [6.07, 6.45) is 2.69. The van der Waals surface area contributed by atoms with Crippen molar-refractivity contribution in [1.29, 1.82) is 0 Å². The number of hydrogen-bond acceptors (Lipinski definition) is 6. The fourth-order valence-electron chi connectivity index (χ4n) is 1.21. The second kappa shape index (κ2) is 5.15. The molecule has 2 heterocycles. The minimum atomic E-state index is -0.507. The summed E-state index contributed by atoms with van der Waals surface area (Å²) in [6, 6.07) is 3.55. The molecule has 2 aromatic heterocycles. The molecule has 0 saturated heterocycles. The molecule has 2 N–H and O–H groups in total. The van der Waals surface area contributed by atoms with Crippen molar-refractivity contribution in [2.45, 2.75) is 6.54 Å². The van der Waals surface area contributed by atoms with Crippen LogP contribution in [-0.4, -0.2) is 27.2 Å². The lowest BCUT2D eigenvalue weighted by atomic mass is 10.4. The van der Waals surface area contributed by atoms with E-state index in [2.05, 4.69) is 30.8 Å². The molecule has 2 rings (SSSR count). The molecule has 0 atom stereocenters. The molecule has 0 aliphatic carbocycles. The summed E-state index contributed by atoms with van der Waals surface area (Å²) in [5.41, 5.74) is 0.705. The van der Waals surface area contributed by atoms with Crippen LogP contribution in [0.5, 0.6) is 0 Å². The van der Waals surface area contributed by atoms with Gasteiger partial charge >= 0.3 is 0 Å². The Morgan fingerprint density at radius 3 is 3.00 bits per heavy atom. The minimum absolute atomic E-state index is 0.134. The van der Waals surface area contributed by atoms with Crippen molar-refractivity contribution in [3.63, 3.8) is 0 Å². The van der Waals surface area contributed by atoms with E-state index in [9.17, 15) is 4.39 Å². The smallest absolute Gasteiger partial charge is 0.224 e. The predicted octanol–water partition coefficient (Wildman–Crippen LogP) is 1.06. The van der Waals surface area contributed by atoms with Crippen LogP contribution >= 0.6 is 0 Å². The van der Waals surface area contributed by atoms with Crippen molar-refractivity contribution in [2.75, 3.05) is 17.7 Å². The average Bonchev–Trinajstić information content (AvgIpc) is 2.39. The van der Waals surface area contributed by atoms with Gasteiger partial charge in [0.2, 0.25) is 5.95 Å². The van der Waals surface area contributed by atoms with Crippen molar-refractivity contribution in [2.24, 2.45) is 0 Å². The summed E-state index contributed by atoms with van der Waals surface area (Å²) in [4.78, 5) is 7.70. The van der Waals surface area contributed by atoms with Gasteiger partial charge in [-0.25, -0.2) is 9.37 Å². The van der Waals surface area contributed by atoms with Crippen molar-refractivity contribution >= 4 is 11.8 Å². The lowest BCUT2D eigenvalue weighted by Crippen LogP contribution is -2.08. The van der Waals surface area contributed by atoms with Gasteiger partial charge in [0.05, 0.1) is 18.4 Å². The van der Waals surface area contributed by atoms with Crippen molar-refractivity contribution in [3.05, 3.63) is 36.0 Å². The third-order valence-electron chi connectivity index (χ3n) is 2.03. The van der Waals surface area contributed by atoms with Crippen LogP contribution in [0.4, 0.5) is 16.2 Å². The summed E-state index contributed by atoms with van der Waals surface area (Å²) in [7, 11) is 1.67. The first-order valence-corrected chi connectivity index (χ1v) is 5.00. The molecule has 0 aliphatic rings.